The normalized spacial score (nSPS) is 13.7. The smallest absolute Gasteiger partial charge is 0.227 e. The molecule has 0 spiro atoms. The van der Waals surface area contributed by atoms with Crippen LogP contribution in [0.3, 0.4) is 0 Å². The van der Waals surface area contributed by atoms with E-state index in [1.165, 1.54) is 5.56 Å². The second kappa shape index (κ2) is 12.7. The van der Waals surface area contributed by atoms with Gasteiger partial charge in [0.2, 0.25) is 5.91 Å². The van der Waals surface area contributed by atoms with Crippen molar-refractivity contribution in [3.05, 3.63) is 59.2 Å². The maximum atomic E-state index is 12.2. The summed E-state index contributed by atoms with van der Waals surface area (Å²) < 4.78 is 5.96. The van der Waals surface area contributed by atoms with Crippen LogP contribution in [-0.2, 0) is 17.9 Å². The molecule has 7 heteroatoms. The number of amides is 1. The van der Waals surface area contributed by atoms with E-state index in [0.717, 1.165) is 41.8 Å². The van der Waals surface area contributed by atoms with E-state index >= 15 is 0 Å². The summed E-state index contributed by atoms with van der Waals surface area (Å²) in [5.41, 5.74) is 4.18. The van der Waals surface area contributed by atoms with Crippen LogP contribution in [0.5, 0.6) is 5.75 Å². The number of hydrogen-bond donors (Lipinski definition) is 3. The molecule has 1 amide bonds. The predicted octanol–water partition coefficient (Wildman–Crippen LogP) is 5.00. The molecule has 0 saturated heterocycles. The summed E-state index contributed by atoms with van der Waals surface area (Å²) in [5, 5.41) is 9.73. The van der Waals surface area contributed by atoms with Crippen molar-refractivity contribution in [2.24, 2.45) is 10.9 Å². The van der Waals surface area contributed by atoms with E-state index in [1.54, 1.807) is 7.05 Å². The molecule has 0 atom stereocenters. The van der Waals surface area contributed by atoms with Crippen LogP contribution < -0.4 is 20.7 Å². The van der Waals surface area contributed by atoms with Crippen molar-refractivity contribution >= 4 is 41.5 Å². The Balaban J connectivity index is 0.00000363. The number of guanidine groups is 1. The zero-order valence-electron chi connectivity index (χ0n) is 19.4. The molecule has 2 aromatic carbocycles. The molecule has 1 saturated carbocycles. The molecule has 0 unspecified atom stereocenters. The number of hydrogen-bond acceptors (Lipinski definition) is 3. The summed E-state index contributed by atoms with van der Waals surface area (Å²) in [6.45, 7) is 7.34. The number of carbonyl (C=O) groups is 1. The first-order valence-electron chi connectivity index (χ1n) is 11.0. The maximum Gasteiger partial charge on any atom is 0.227 e. The van der Waals surface area contributed by atoms with Crippen LogP contribution in [0.1, 0.15) is 49.8 Å². The standard InChI is InChI=1S/C25H34N4O2.HI/c1-17(2)31-23-13-18(3)11-12-21(23)16-28-25(26-4)27-15-19-7-5-10-22(14-19)29-24(30)20-8-6-9-20;/h5,7,10-14,17,20H,6,8-9,15-16H2,1-4H3,(H,29,30)(H2,26,27,28);1H. The summed E-state index contributed by atoms with van der Waals surface area (Å²) in [7, 11) is 1.76. The first-order valence-corrected chi connectivity index (χ1v) is 11.0. The number of ether oxygens (including phenoxy) is 1. The minimum atomic E-state index is 0. The van der Waals surface area contributed by atoms with E-state index < -0.39 is 0 Å². The Bertz CT molecular complexity index is 926. The number of nitrogens with zero attached hydrogens (tertiary/aromatic N) is 1. The molecule has 1 aliphatic rings. The lowest BCUT2D eigenvalue weighted by Crippen LogP contribution is -2.36. The van der Waals surface area contributed by atoms with Gasteiger partial charge in [-0.15, -0.1) is 24.0 Å². The zero-order chi connectivity index (χ0) is 22.2. The maximum absolute atomic E-state index is 12.2. The largest absolute Gasteiger partial charge is 0.491 e. The van der Waals surface area contributed by atoms with Crippen molar-refractivity contribution in [3.8, 4) is 5.75 Å². The second-order valence-electron chi connectivity index (χ2n) is 8.37. The summed E-state index contributed by atoms with van der Waals surface area (Å²) in [6.07, 6.45) is 3.27. The molecule has 32 heavy (non-hydrogen) atoms. The van der Waals surface area contributed by atoms with Crippen LogP contribution >= 0.6 is 24.0 Å². The number of aliphatic imine (C=N–C) groups is 1. The molecule has 1 aliphatic carbocycles. The second-order valence-corrected chi connectivity index (χ2v) is 8.37. The summed E-state index contributed by atoms with van der Waals surface area (Å²) in [4.78, 5) is 16.5. The Morgan fingerprint density at radius 3 is 2.53 bits per heavy atom. The molecule has 3 N–H and O–H groups in total. The van der Waals surface area contributed by atoms with Crippen LogP contribution in [0.2, 0.25) is 0 Å². The van der Waals surface area contributed by atoms with Gasteiger partial charge in [0.05, 0.1) is 6.10 Å². The third kappa shape index (κ3) is 7.69. The van der Waals surface area contributed by atoms with E-state index in [9.17, 15) is 4.79 Å². The fraction of sp³-hybridized carbons (Fsp3) is 0.440. The lowest BCUT2D eigenvalue weighted by molar-refractivity contribution is -0.122. The minimum Gasteiger partial charge on any atom is -0.491 e. The Labute approximate surface area is 208 Å². The Hall–Kier alpha value is -2.29. The number of rotatable bonds is 8. The van der Waals surface area contributed by atoms with Gasteiger partial charge in [-0.05, 0) is 62.9 Å². The van der Waals surface area contributed by atoms with E-state index in [2.05, 4.69) is 46.1 Å². The topological polar surface area (TPSA) is 74.8 Å². The van der Waals surface area contributed by atoms with Crippen LogP contribution in [0, 0.1) is 12.8 Å². The molecule has 174 valence electrons. The van der Waals surface area contributed by atoms with Crippen molar-refractivity contribution in [1.82, 2.24) is 10.6 Å². The van der Waals surface area contributed by atoms with Crippen LogP contribution in [0.25, 0.3) is 0 Å². The third-order valence-electron chi connectivity index (χ3n) is 5.39. The predicted molar refractivity (Wildman–Crippen MR) is 142 cm³/mol. The molecule has 6 nitrogen and oxygen atoms in total. The van der Waals surface area contributed by atoms with Gasteiger partial charge in [0.15, 0.2) is 5.96 Å². The quantitative estimate of drug-likeness (QED) is 0.246. The molecular weight excluding hydrogens is 515 g/mol. The van der Waals surface area contributed by atoms with Crippen LogP contribution in [-0.4, -0.2) is 25.0 Å². The summed E-state index contributed by atoms with van der Waals surface area (Å²) in [5.74, 6) is 1.91. The van der Waals surface area contributed by atoms with E-state index in [1.807, 2.05) is 38.1 Å². The Morgan fingerprint density at radius 2 is 1.88 bits per heavy atom. The molecular formula is C25H35IN4O2. The van der Waals surface area contributed by atoms with Gasteiger partial charge >= 0.3 is 0 Å². The van der Waals surface area contributed by atoms with Gasteiger partial charge in [0.25, 0.3) is 0 Å². The molecule has 1 fully saturated rings. The zero-order valence-corrected chi connectivity index (χ0v) is 21.7. The Morgan fingerprint density at radius 1 is 1.12 bits per heavy atom. The van der Waals surface area contributed by atoms with Crippen LogP contribution in [0.4, 0.5) is 5.69 Å². The van der Waals surface area contributed by atoms with Crippen molar-refractivity contribution < 1.29 is 9.53 Å². The van der Waals surface area contributed by atoms with Gasteiger partial charge in [-0.3, -0.25) is 9.79 Å². The molecule has 2 aromatic rings. The number of nitrogens with one attached hydrogen (secondary N) is 3. The first-order chi connectivity index (χ1) is 14.9. The van der Waals surface area contributed by atoms with Gasteiger partial charge in [0, 0.05) is 37.3 Å². The average molecular weight is 550 g/mol. The van der Waals surface area contributed by atoms with Crippen molar-refractivity contribution in [2.45, 2.75) is 59.2 Å². The molecule has 0 aromatic heterocycles. The molecule has 0 aliphatic heterocycles. The minimum absolute atomic E-state index is 0. The number of carbonyl (C=O) groups excluding carboxylic acids is 1. The lowest BCUT2D eigenvalue weighted by atomic mass is 9.85. The lowest BCUT2D eigenvalue weighted by Gasteiger charge is -2.24. The summed E-state index contributed by atoms with van der Waals surface area (Å²) >= 11 is 0. The van der Waals surface area contributed by atoms with Gasteiger partial charge in [-0.1, -0.05) is 30.7 Å². The van der Waals surface area contributed by atoms with Crippen molar-refractivity contribution in [1.29, 1.82) is 0 Å². The number of halogens is 1. The average Bonchev–Trinajstić information content (AvgIpc) is 2.68. The van der Waals surface area contributed by atoms with Crippen molar-refractivity contribution in [2.75, 3.05) is 12.4 Å². The van der Waals surface area contributed by atoms with Gasteiger partial charge in [0.1, 0.15) is 5.75 Å². The van der Waals surface area contributed by atoms with Gasteiger partial charge < -0.3 is 20.7 Å². The molecule has 0 heterocycles. The molecule has 3 rings (SSSR count). The van der Waals surface area contributed by atoms with Crippen LogP contribution in [0.15, 0.2) is 47.5 Å². The number of anilines is 1. The number of aryl methyl sites for hydroxylation is 1. The fourth-order valence-electron chi connectivity index (χ4n) is 3.43. The Kier molecular flexibility index (Phi) is 10.3. The summed E-state index contributed by atoms with van der Waals surface area (Å²) in [6, 6.07) is 14.2. The van der Waals surface area contributed by atoms with E-state index in [-0.39, 0.29) is 41.9 Å². The fourth-order valence-corrected chi connectivity index (χ4v) is 3.43. The highest BCUT2D eigenvalue weighted by Gasteiger charge is 2.25. The van der Waals surface area contributed by atoms with E-state index in [0.29, 0.717) is 19.0 Å². The van der Waals surface area contributed by atoms with E-state index in [4.69, 9.17) is 4.74 Å². The SMILES string of the molecule is CN=C(NCc1cccc(NC(=O)C2CCC2)c1)NCc1ccc(C)cc1OC(C)C.I. The third-order valence-corrected chi connectivity index (χ3v) is 5.39. The first kappa shape index (κ1) is 26.0. The highest BCUT2D eigenvalue weighted by molar-refractivity contribution is 14.0. The highest BCUT2D eigenvalue weighted by atomic mass is 127. The number of benzene rings is 2. The molecule has 0 radical (unpaired) electrons. The monoisotopic (exact) mass is 550 g/mol. The highest BCUT2D eigenvalue weighted by Crippen LogP contribution is 2.27. The molecule has 0 bridgehead atoms. The van der Waals surface area contributed by atoms with Crippen molar-refractivity contribution in [3.63, 3.8) is 0 Å². The van der Waals surface area contributed by atoms with Gasteiger partial charge in [-0.25, -0.2) is 0 Å². The van der Waals surface area contributed by atoms with Gasteiger partial charge in [-0.2, -0.15) is 0 Å².